The molecule has 1 aliphatic heterocycles. The van der Waals surface area contributed by atoms with Crippen LogP contribution in [0.25, 0.3) is 0 Å². The van der Waals surface area contributed by atoms with Gasteiger partial charge in [0.2, 0.25) is 5.91 Å². The zero-order valence-electron chi connectivity index (χ0n) is 10.6. The molecule has 1 aromatic carbocycles. The number of hydrogen-bond acceptors (Lipinski definition) is 4. The normalized spacial score (nSPS) is 17.3. The summed E-state index contributed by atoms with van der Waals surface area (Å²) in [6, 6.07) is 7.13. The van der Waals surface area contributed by atoms with Crippen molar-refractivity contribution in [3.05, 3.63) is 24.3 Å². The van der Waals surface area contributed by atoms with Crippen molar-refractivity contribution >= 4 is 17.3 Å². The number of morpholine rings is 1. The monoisotopic (exact) mass is 249 g/mol. The van der Waals surface area contributed by atoms with E-state index in [1.807, 2.05) is 36.1 Å². The highest BCUT2D eigenvalue weighted by Gasteiger charge is 2.22. The number of nitrogens with two attached hydrogens (primary N) is 1. The number of nitrogens with one attached hydrogen (secondary N) is 1. The van der Waals surface area contributed by atoms with Gasteiger partial charge in [0.05, 0.1) is 13.2 Å². The van der Waals surface area contributed by atoms with E-state index >= 15 is 0 Å². The Morgan fingerprint density at radius 1 is 1.33 bits per heavy atom. The Balaban J connectivity index is 1.92. The molecule has 1 aromatic rings. The van der Waals surface area contributed by atoms with Gasteiger partial charge in [-0.25, -0.2) is 0 Å². The van der Waals surface area contributed by atoms with Crippen LogP contribution in [0.4, 0.5) is 11.4 Å². The van der Waals surface area contributed by atoms with E-state index < -0.39 is 0 Å². The largest absolute Gasteiger partial charge is 0.399 e. The summed E-state index contributed by atoms with van der Waals surface area (Å²) < 4.78 is 5.23. The van der Waals surface area contributed by atoms with Crippen LogP contribution in [0.5, 0.6) is 0 Å². The molecule has 1 atom stereocenters. The maximum Gasteiger partial charge on any atom is 0.244 e. The maximum absolute atomic E-state index is 12.2. The predicted octanol–water partition coefficient (Wildman–Crippen LogP) is 0.928. The zero-order valence-corrected chi connectivity index (χ0v) is 10.6. The second kappa shape index (κ2) is 5.73. The molecular formula is C13H19N3O2. The topological polar surface area (TPSA) is 67.6 Å². The molecule has 18 heavy (non-hydrogen) atoms. The SMILES string of the molecule is CC(Nc1ccc(N)cc1)C(=O)N1CCOCC1. The summed E-state index contributed by atoms with van der Waals surface area (Å²) in [6.45, 7) is 4.47. The molecule has 1 saturated heterocycles. The van der Waals surface area contributed by atoms with Gasteiger partial charge >= 0.3 is 0 Å². The van der Waals surface area contributed by atoms with Crippen molar-refractivity contribution < 1.29 is 9.53 Å². The molecule has 3 N–H and O–H groups in total. The minimum absolute atomic E-state index is 0.107. The number of amides is 1. The van der Waals surface area contributed by atoms with Gasteiger partial charge in [0.1, 0.15) is 6.04 Å². The lowest BCUT2D eigenvalue weighted by Gasteiger charge is -2.29. The fourth-order valence-electron chi connectivity index (χ4n) is 1.95. The van der Waals surface area contributed by atoms with Gasteiger partial charge < -0.3 is 20.7 Å². The molecule has 2 rings (SSSR count). The predicted molar refractivity (Wildman–Crippen MR) is 71.3 cm³/mol. The van der Waals surface area contributed by atoms with Gasteiger partial charge in [-0.2, -0.15) is 0 Å². The maximum atomic E-state index is 12.2. The molecule has 1 aliphatic rings. The molecule has 98 valence electrons. The molecule has 0 aliphatic carbocycles. The number of rotatable bonds is 3. The number of anilines is 2. The quantitative estimate of drug-likeness (QED) is 0.782. The van der Waals surface area contributed by atoms with Gasteiger partial charge in [0.15, 0.2) is 0 Å². The van der Waals surface area contributed by atoms with Gasteiger partial charge in [0, 0.05) is 24.5 Å². The number of nitrogen functional groups attached to an aromatic ring is 1. The summed E-state index contributed by atoms with van der Waals surface area (Å²) in [7, 11) is 0. The van der Waals surface area contributed by atoms with Gasteiger partial charge in [-0.15, -0.1) is 0 Å². The van der Waals surface area contributed by atoms with Crippen LogP contribution in [0.15, 0.2) is 24.3 Å². The van der Waals surface area contributed by atoms with E-state index in [-0.39, 0.29) is 11.9 Å². The van der Waals surface area contributed by atoms with Crippen LogP contribution in [0.3, 0.4) is 0 Å². The van der Waals surface area contributed by atoms with Crippen molar-refractivity contribution in [2.45, 2.75) is 13.0 Å². The molecular weight excluding hydrogens is 230 g/mol. The van der Waals surface area contributed by atoms with Crippen LogP contribution in [-0.4, -0.2) is 43.2 Å². The lowest BCUT2D eigenvalue weighted by molar-refractivity contribution is -0.135. The molecule has 1 fully saturated rings. The van der Waals surface area contributed by atoms with E-state index in [0.717, 1.165) is 5.69 Å². The lowest BCUT2D eigenvalue weighted by Crippen LogP contribution is -2.46. The first-order valence-electron chi connectivity index (χ1n) is 6.15. The standard InChI is InChI=1S/C13H19N3O2/c1-10(13(17)16-6-8-18-9-7-16)15-12-4-2-11(14)3-5-12/h2-5,10,15H,6-9,14H2,1H3. The first kappa shape index (κ1) is 12.7. The summed E-state index contributed by atoms with van der Waals surface area (Å²) in [6.07, 6.45) is 0. The fraction of sp³-hybridized carbons (Fsp3) is 0.462. The molecule has 5 nitrogen and oxygen atoms in total. The molecule has 0 saturated carbocycles. The Morgan fingerprint density at radius 2 is 1.94 bits per heavy atom. The van der Waals surface area contributed by atoms with E-state index in [9.17, 15) is 4.79 Å². The third-order valence-corrected chi connectivity index (χ3v) is 2.99. The van der Waals surface area contributed by atoms with Gasteiger partial charge in [0.25, 0.3) is 0 Å². The minimum atomic E-state index is -0.244. The van der Waals surface area contributed by atoms with Crippen LogP contribution < -0.4 is 11.1 Å². The summed E-state index contributed by atoms with van der Waals surface area (Å²) in [5.41, 5.74) is 7.23. The van der Waals surface area contributed by atoms with Gasteiger partial charge in [-0.05, 0) is 31.2 Å². The Morgan fingerprint density at radius 3 is 2.56 bits per heavy atom. The summed E-state index contributed by atoms with van der Waals surface area (Å²) in [5.74, 6) is 0.107. The lowest BCUT2D eigenvalue weighted by atomic mass is 10.2. The summed E-state index contributed by atoms with van der Waals surface area (Å²) in [4.78, 5) is 14.0. The molecule has 1 amide bonds. The van der Waals surface area contributed by atoms with Crippen molar-refractivity contribution in [1.82, 2.24) is 4.90 Å². The van der Waals surface area contributed by atoms with E-state index in [1.165, 1.54) is 0 Å². The van der Waals surface area contributed by atoms with Crippen LogP contribution in [-0.2, 0) is 9.53 Å². The van der Waals surface area contributed by atoms with Crippen LogP contribution >= 0.6 is 0 Å². The van der Waals surface area contributed by atoms with Crippen molar-refractivity contribution in [2.24, 2.45) is 0 Å². The Bertz CT molecular complexity index is 399. The highest BCUT2D eigenvalue weighted by atomic mass is 16.5. The van der Waals surface area contributed by atoms with Crippen molar-refractivity contribution in [3.63, 3.8) is 0 Å². The number of carbonyl (C=O) groups is 1. The average Bonchev–Trinajstić information content (AvgIpc) is 2.41. The second-order valence-corrected chi connectivity index (χ2v) is 4.43. The van der Waals surface area contributed by atoms with Crippen molar-refractivity contribution in [3.8, 4) is 0 Å². The molecule has 0 spiro atoms. The molecule has 0 bridgehead atoms. The summed E-state index contributed by atoms with van der Waals surface area (Å²) >= 11 is 0. The van der Waals surface area contributed by atoms with E-state index in [0.29, 0.717) is 32.0 Å². The first-order chi connectivity index (χ1) is 8.66. The third kappa shape index (κ3) is 3.13. The Kier molecular flexibility index (Phi) is 4.04. The third-order valence-electron chi connectivity index (χ3n) is 2.99. The number of carbonyl (C=O) groups excluding carboxylic acids is 1. The number of hydrogen-bond donors (Lipinski definition) is 2. The highest BCUT2D eigenvalue weighted by Crippen LogP contribution is 2.12. The van der Waals surface area contributed by atoms with Crippen molar-refractivity contribution in [2.75, 3.05) is 37.4 Å². The number of ether oxygens (including phenoxy) is 1. The van der Waals surface area contributed by atoms with Crippen LogP contribution in [0, 0.1) is 0 Å². The zero-order chi connectivity index (χ0) is 13.0. The Hall–Kier alpha value is -1.75. The first-order valence-corrected chi connectivity index (χ1v) is 6.15. The van der Waals surface area contributed by atoms with E-state index in [1.54, 1.807) is 0 Å². The average molecular weight is 249 g/mol. The molecule has 5 heteroatoms. The number of nitrogens with zero attached hydrogens (tertiary/aromatic N) is 1. The number of benzene rings is 1. The van der Waals surface area contributed by atoms with Crippen LogP contribution in [0.2, 0.25) is 0 Å². The smallest absolute Gasteiger partial charge is 0.244 e. The molecule has 0 aromatic heterocycles. The van der Waals surface area contributed by atoms with Crippen LogP contribution in [0.1, 0.15) is 6.92 Å². The Labute approximate surface area is 107 Å². The van der Waals surface area contributed by atoms with Crippen molar-refractivity contribution in [1.29, 1.82) is 0 Å². The van der Waals surface area contributed by atoms with E-state index in [2.05, 4.69) is 5.32 Å². The molecule has 0 radical (unpaired) electrons. The minimum Gasteiger partial charge on any atom is -0.399 e. The summed E-state index contributed by atoms with van der Waals surface area (Å²) in [5, 5.41) is 3.18. The molecule has 1 unspecified atom stereocenters. The highest BCUT2D eigenvalue weighted by molar-refractivity contribution is 5.84. The fourth-order valence-corrected chi connectivity index (χ4v) is 1.95. The van der Waals surface area contributed by atoms with Gasteiger partial charge in [-0.1, -0.05) is 0 Å². The second-order valence-electron chi connectivity index (χ2n) is 4.43. The molecule has 1 heterocycles. The van der Waals surface area contributed by atoms with E-state index in [4.69, 9.17) is 10.5 Å². The van der Waals surface area contributed by atoms with Gasteiger partial charge in [-0.3, -0.25) is 4.79 Å².